The number of rotatable bonds is 4. The Morgan fingerprint density at radius 3 is 2.68 bits per heavy atom. The Morgan fingerprint density at radius 1 is 1.16 bits per heavy atom. The van der Waals surface area contributed by atoms with E-state index in [1.54, 1.807) is 0 Å². The van der Waals surface area contributed by atoms with E-state index in [1.807, 2.05) is 11.0 Å². The highest BCUT2D eigenvalue weighted by atomic mass is 16.2. The normalized spacial score (nSPS) is 28.6. The first-order valence-corrected chi connectivity index (χ1v) is 9.54. The molecule has 5 nitrogen and oxygen atoms in total. The van der Waals surface area contributed by atoms with Crippen molar-refractivity contribution in [2.45, 2.75) is 57.0 Å². The number of benzene rings is 1. The van der Waals surface area contributed by atoms with Crippen molar-refractivity contribution < 1.29 is 9.59 Å². The molecule has 2 aliphatic carbocycles. The number of nitrogens with one attached hydrogen (secondary N) is 2. The highest BCUT2D eigenvalue weighted by molar-refractivity contribution is 5.79. The standard InChI is InChI=1S/C20H27N3O2/c1-13-6-9-18(17-5-3-2-4-16(13)17)22-20(25)21-11-14-10-19(24)23(12-14)15-7-8-15/h2-5,13-15,18H,6-12H2,1H3,(H2,21,22,25)/t13-,14-,18+/m1/s1. The fraction of sp³-hybridized carbons (Fsp3) is 0.600. The lowest BCUT2D eigenvalue weighted by atomic mass is 9.81. The molecule has 0 unspecified atom stereocenters. The lowest BCUT2D eigenvalue weighted by Gasteiger charge is -2.30. The van der Waals surface area contributed by atoms with Crippen LogP contribution in [0.25, 0.3) is 0 Å². The summed E-state index contributed by atoms with van der Waals surface area (Å²) >= 11 is 0. The van der Waals surface area contributed by atoms with E-state index >= 15 is 0 Å². The molecule has 3 atom stereocenters. The predicted octanol–water partition coefficient (Wildman–Crippen LogP) is 2.94. The monoisotopic (exact) mass is 341 g/mol. The van der Waals surface area contributed by atoms with Gasteiger partial charge < -0.3 is 15.5 Å². The SMILES string of the molecule is C[C@@H]1CC[C@H](NC(=O)NC[C@H]2CC(=O)N(C3CC3)C2)c2ccccc21. The third-order valence-electron chi connectivity index (χ3n) is 5.87. The molecule has 0 spiro atoms. The number of likely N-dealkylation sites (tertiary alicyclic amines) is 1. The number of fused-ring (bicyclic) bond motifs is 1. The van der Waals surface area contributed by atoms with Gasteiger partial charge in [0.15, 0.2) is 0 Å². The number of hydrogen-bond acceptors (Lipinski definition) is 2. The number of hydrogen-bond donors (Lipinski definition) is 2. The maximum atomic E-state index is 12.3. The van der Waals surface area contributed by atoms with Gasteiger partial charge in [-0.05, 0) is 42.7 Å². The summed E-state index contributed by atoms with van der Waals surface area (Å²) in [5, 5.41) is 6.11. The highest BCUT2D eigenvalue weighted by Crippen LogP contribution is 2.37. The Labute approximate surface area is 149 Å². The van der Waals surface area contributed by atoms with Gasteiger partial charge in [0, 0.05) is 31.5 Å². The average Bonchev–Trinajstić information content (AvgIpc) is 3.39. The summed E-state index contributed by atoms with van der Waals surface area (Å²) in [6.45, 7) is 3.62. The van der Waals surface area contributed by atoms with Crippen molar-refractivity contribution in [2.24, 2.45) is 5.92 Å². The van der Waals surface area contributed by atoms with Gasteiger partial charge in [0.2, 0.25) is 5.91 Å². The van der Waals surface area contributed by atoms with Crippen molar-refractivity contribution >= 4 is 11.9 Å². The summed E-state index contributed by atoms with van der Waals surface area (Å²) in [6, 6.07) is 8.85. The maximum absolute atomic E-state index is 12.3. The first-order valence-electron chi connectivity index (χ1n) is 9.54. The second-order valence-corrected chi connectivity index (χ2v) is 7.86. The van der Waals surface area contributed by atoms with Gasteiger partial charge in [-0.2, -0.15) is 0 Å². The van der Waals surface area contributed by atoms with Crippen molar-refractivity contribution in [3.05, 3.63) is 35.4 Å². The van der Waals surface area contributed by atoms with Gasteiger partial charge in [0.25, 0.3) is 0 Å². The molecule has 1 heterocycles. The molecule has 2 fully saturated rings. The largest absolute Gasteiger partial charge is 0.339 e. The Kier molecular flexibility index (Phi) is 4.40. The molecule has 4 rings (SSSR count). The minimum absolute atomic E-state index is 0.0839. The molecule has 0 bridgehead atoms. The van der Waals surface area contributed by atoms with E-state index in [4.69, 9.17) is 0 Å². The van der Waals surface area contributed by atoms with Crippen molar-refractivity contribution in [3.63, 3.8) is 0 Å². The third kappa shape index (κ3) is 3.51. The van der Waals surface area contributed by atoms with Gasteiger partial charge in [-0.15, -0.1) is 0 Å². The van der Waals surface area contributed by atoms with E-state index in [-0.39, 0.29) is 23.9 Å². The van der Waals surface area contributed by atoms with Crippen LogP contribution in [0.1, 0.15) is 62.1 Å². The van der Waals surface area contributed by atoms with E-state index in [9.17, 15) is 9.59 Å². The molecule has 3 aliphatic rings. The van der Waals surface area contributed by atoms with Crippen LogP contribution in [0.5, 0.6) is 0 Å². The van der Waals surface area contributed by atoms with Crippen molar-refractivity contribution in [3.8, 4) is 0 Å². The molecule has 1 aromatic rings. The van der Waals surface area contributed by atoms with Gasteiger partial charge in [-0.3, -0.25) is 4.79 Å². The van der Waals surface area contributed by atoms with E-state index in [1.165, 1.54) is 11.1 Å². The quantitative estimate of drug-likeness (QED) is 0.884. The highest BCUT2D eigenvalue weighted by Gasteiger charge is 2.39. The average molecular weight is 341 g/mol. The van der Waals surface area contributed by atoms with Crippen molar-refractivity contribution in [1.29, 1.82) is 0 Å². The second-order valence-electron chi connectivity index (χ2n) is 7.86. The summed E-state index contributed by atoms with van der Waals surface area (Å²) in [5.74, 6) is 1.05. The van der Waals surface area contributed by atoms with Crippen LogP contribution in [0, 0.1) is 5.92 Å². The maximum Gasteiger partial charge on any atom is 0.315 e. The molecule has 1 aromatic carbocycles. The zero-order chi connectivity index (χ0) is 17.4. The molecule has 2 N–H and O–H groups in total. The van der Waals surface area contributed by atoms with Crippen LogP contribution >= 0.6 is 0 Å². The van der Waals surface area contributed by atoms with Crippen LogP contribution in [-0.2, 0) is 4.79 Å². The molecule has 3 amide bonds. The third-order valence-corrected chi connectivity index (χ3v) is 5.87. The minimum atomic E-state index is -0.119. The summed E-state index contributed by atoms with van der Waals surface area (Å²) in [7, 11) is 0. The van der Waals surface area contributed by atoms with Gasteiger partial charge in [-0.1, -0.05) is 31.2 Å². The van der Waals surface area contributed by atoms with Gasteiger partial charge >= 0.3 is 6.03 Å². The van der Waals surface area contributed by atoms with E-state index in [0.29, 0.717) is 24.9 Å². The number of amides is 3. The Bertz CT molecular complexity index is 671. The summed E-state index contributed by atoms with van der Waals surface area (Å²) < 4.78 is 0. The number of carbonyl (C=O) groups is 2. The lowest BCUT2D eigenvalue weighted by molar-refractivity contribution is -0.128. The molecule has 1 saturated carbocycles. The van der Waals surface area contributed by atoms with Crippen LogP contribution in [0.4, 0.5) is 4.79 Å². The smallest absolute Gasteiger partial charge is 0.315 e. The summed E-state index contributed by atoms with van der Waals surface area (Å²) in [4.78, 5) is 26.3. The van der Waals surface area contributed by atoms with Crippen LogP contribution in [-0.4, -0.2) is 36.0 Å². The molecule has 1 saturated heterocycles. The lowest BCUT2D eigenvalue weighted by Crippen LogP contribution is -2.41. The fourth-order valence-corrected chi connectivity index (χ4v) is 4.29. The summed E-state index contributed by atoms with van der Waals surface area (Å²) in [5.41, 5.74) is 2.59. The van der Waals surface area contributed by atoms with Crippen molar-refractivity contribution in [1.82, 2.24) is 15.5 Å². The van der Waals surface area contributed by atoms with Crippen LogP contribution in [0.15, 0.2) is 24.3 Å². The topological polar surface area (TPSA) is 61.4 Å². The Balaban J connectivity index is 1.30. The number of nitrogens with zero attached hydrogens (tertiary/aromatic N) is 1. The first-order chi connectivity index (χ1) is 12.1. The molecule has 134 valence electrons. The van der Waals surface area contributed by atoms with Gasteiger partial charge in [0.05, 0.1) is 6.04 Å². The minimum Gasteiger partial charge on any atom is -0.339 e. The molecular formula is C20H27N3O2. The second kappa shape index (κ2) is 6.70. The van der Waals surface area contributed by atoms with Crippen LogP contribution in [0.3, 0.4) is 0 Å². The van der Waals surface area contributed by atoms with E-state index < -0.39 is 0 Å². The van der Waals surface area contributed by atoms with Gasteiger partial charge in [-0.25, -0.2) is 4.79 Å². The van der Waals surface area contributed by atoms with Crippen LogP contribution < -0.4 is 10.6 Å². The molecular weight excluding hydrogens is 314 g/mol. The predicted molar refractivity (Wildman–Crippen MR) is 96.2 cm³/mol. The molecule has 0 aromatic heterocycles. The Hall–Kier alpha value is -2.04. The molecule has 0 radical (unpaired) electrons. The number of carbonyl (C=O) groups excluding carboxylic acids is 2. The van der Waals surface area contributed by atoms with Crippen LogP contribution in [0.2, 0.25) is 0 Å². The Morgan fingerprint density at radius 2 is 1.92 bits per heavy atom. The van der Waals surface area contributed by atoms with Crippen molar-refractivity contribution in [2.75, 3.05) is 13.1 Å². The molecule has 5 heteroatoms. The zero-order valence-corrected chi connectivity index (χ0v) is 14.8. The molecule has 25 heavy (non-hydrogen) atoms. The van der Waals surface area contributed by atoms with Gasteiger partial charge in [0.1, 0.15) is 0 Å². The molecule has 1 aliphatic heterocycles. The zero-order valence-electron chi connectivity index (χ0n) is 14.8. The van der Waals surface area contributed by atoms with E-state index in [2.05, 4.69) is 35.8 Å². The van der Waals surface area contributed by atoms with E-state index in [0.717, 1.165) is 32.2 Å². The number of urea groups is 1. The first kappa shape index (κ1) is 16.4. The summed E-state index contributed by atoms with van der Waals surface area (Å²) in [6.07, 6.45) is 4.93. The fourth-order valence-electron chi connectivity index (χ4n) is 4.29.